The zero-order valence-electron chi connectivity index (χ0n) is 11.3. The molecule has 1 fully saturated rings. The maximum absolute atomic E-state index is 6.20. The Bertz CT molecular complexity index is 429. The van der Waals surface area contributed by atoms with Crippen LogP contribution in [0.1, 0.15) is 40.0 Å². The fourth-order valence-electron chi connectivity index (χ4n) is 3.28. The molecule has 100 valence electrons. The smallest absolute Gasteiger partial charge is 0.0638 e. The van der Waals surface area contributed by atoms with Crippen LogP contribution in [0, 0.1) is 11.3 Å². The zero-order valence-corrected chi connectivity index (χ0v) is 12.8. The van der Waals surface area contributed by atoms with Gasteiger partial charge in [0.1, 0.15) is 0 Å². The molecule has 0 bridgehead atoms. The summed E-state index contributed by atoms with van der Waals surface area (Å²) in [5.41, 5.74) is 1.36. The van der Waals surface area contributed by atoms with Crippen molar-refractivity contribution in [2.24, 2.45) is 11.3 Å². The largest absolute Gasteiger partial charge is 0.381 e. The van der Waals surface area contributed by atoms with Gasteiger partial charge in [-0.25, -0.2) is 0 Å². The first-order valence-corrected chi connectivity index (χ1v) is 7.33. The summed E-state index contributed by atoms with van der Waals surface area (Å²) in [6.45, 7) is 7.02. The second-order valence-electron chi connectivity index (χ2n) is 6.38. The van der Waals surface area contributed by atoms with E-state index in [0.717, 1.165) is 21.7 Å². The quantitative estimate of drug-likeness (QED) is 0.744. The van der Waals surface area contributed by atoms with Gasteiger partial charge in [-0.05, 0) is 48.8 Å². The minimum atomic E-state index is 0.403. The van der Waals surface area contributed by atoms with E-state index in [9.17, 15) is 0 Å². The van der Waals surface area contributed by atoms with Crippen molar-refractivity contribution in [1.29, 1.82) is 0 Å². The lowest BCUT2D eigenvalue weighted by Crippen LogP contribution is -2.35. The van der Waals surface area contributed by atoms with Crippen molar-refractivity contribution >= 4 is 28.9 Å². The maximum atomic E-state index is 6.20. The molecule has 0 aromatic heterocycles. The van der Waals surface area contributed by atoms with Crippen LogP contribution in [0.15, 0.2) is 18.2 Å². The molecule has 1 nitrogen and oxygen atoms in total. The number of hydrogen-bond acceptors (Lipinski definition) is 1. The molecule has 1 aromatic rings. The molecule has 18 heavy (non-hydrogen) atoms. The first kappa shape index (κ1) is 14.0. The Labute approximate surface area is 120 Å². The van der Waals surface area contributed by atoms with Crippen LogP contribution in [-0.2, 0) is 0 Å². The first-order chi connectivity index (χ1) is 8.35. The van der Waals surface area contributed by atoms with E-state index in [1.54, 1.807) is 0 Å². The van der Waals surface area contributed by atoms with Crippen LogP contribution in [0.2, 0.25) is 10.0 Å². The highest BCUT2D eigenvalue weighted by Gasteiger charge is 2.32. The standard InChI is InChI=1S/C15H21Cl2N/c1-10-6-12(9-15(2,3)8-10)18-14-7-11(16)4-5-13(14)17/h4-5,7,10,12,18H,6,8-9H2,1-3H3. The molecule has 2 rings (SSSR count). The lowest BCUT2D eigenvalue weighted by atomic mass is 9.70. The Morgan fingerprint density at radius 2 is 1.94 bits per heavy atom. The molecule has 1 aliphatic rings. The zero-order chi connectivity index (χ0) is 13.3. The molecule has 1 saturated carbocycles. The number of hydrogen-bond donors (Lipinski definition) is 1. The molecule has 0 amide bonds. The summed E-state index contributed by atoms with van der Waals surface area (Å²) >= 11 is 12.2. The average molecular weight is 286 g/mol. The molecule has 0 aliphatic heterocycles. The molecule has 2 unspecified atom stereocenters. The lowest BCUT2D eigenvalue weighted by molar-refractivity contribution is 0.178. The van der Waals surface area contributed by atoms with Gasteiger partial charge in [0, 0.05) is 11.1 Å². The Morgan fingerprint density at radius 1 is 1.22 bits per heavy atom. The average Bonchev–Trinajstić information content (AvgIpc) is 2.20. The van der Waals surface area contributed by atoms with E-state index in [1.807, 2.05) is 18.2 Å². The Kier molecular flexibility index (Phi) is 4.13. The molecular formula is C15H21Cl2N. The Balaban J connectivity index is 2.11. The van der Waals surface area contributed by atoms with Gasteiger partial charge in [0.05, 0.1) is 10.7 Å². The van der Waals surface area contributed by atoms with Gasteiger partial charge in [-0.3, -0.25) is 0 Å². The van der Waals surface area contributed by atoms with Crippen molar-refractivity contribution in [3.8, 4) is 0 Å². The van der Waals surface area contributed by atoms with Gasteiger partial charge in [-0.1, -0.05) is 44.0 Å². The molecular weight excluding hydrogens is 265 g/mol. The van der Waals surface area contributed by atoms with Crippen LogP contribution >= 0.6 is 23.2 Å². The van der Waals surface area contributed by atoms with E-state index in [2.05, 4.69) is 26.1 Å². The number of benzene rings is 1. The monoisotopic (exact) mass is 285 g/mol. The fourth-order valence-corrected chi connectivity index (χ4v) is 3.63. The normalized spacial score (nSPS) is 26.9. The minimum absolute atomic E-state index is 0.403. The number of anilines is 1. The van der Waals surface area contributed by atoms with E-state index >= 15 is 0 Å². The van der Waals surface area contributed by atoms with Crippen molar-refractivity contribution < 1.29 is 0 Å². The highest BCUT2D eigenvalue weighted by molar-refractivity contribution is 6.35. The molecule has 1 aliphatic carbocycles. The van der Waals surface area contributed by atoms with E-state index in [4.69, 9.17) is 23.2 Å². The summed E-state index contributed by atoms with van der Waals surface area (Å²) in [7, 11) is 0. The van der Waals surface area contributed by atoms with Crippen molar-refractivity contribution in [2.45, 2.75) is 46.1 Å². The van der Waals surface area contributed by atoms with Crippen molar-refractivity contribution in [1.82, 2.24) is 0 Å². The molecule has 2 atom stereocenters. The number of rotatable bonds is 2. The number of halogens is 2. The summed E-state index contributed by atoms with van der Waals surface area (Å²) < 4.78 is 0. The summed E-state index contributed by atoms with van der Waals surface area (Å²) in [4.78, 5) is 0. The summed E-state index contributed by atoms with van der Waals surface area (Å²) in [6, 6.07) is 6.07. The van der Waals surface area contributed by atoms with Gasteiger partial charge in [-0.2, -0.15) is 0 Å². The molecule has 0 radical (unpaired) electrons. The van der Waals surface area contributed by atoms with Gasteiger partial charge in [0.15, 0.2) is 0 Å². The minimum Gasteiger partial charge on any atom is -0.381 e. The molecule has 0 heterocycles. The molecule has 1 aromatic carbocycles. The highest BCUT2D eigenvalue weighted by Crippen LogP contribution is 2.40. The number of nitrogens with one attached hydrogen (secondary N) is 1. The fraction of sp³-hybridized carbons (Fsp3) is 0.600. The summed E-state index contributed by atoms with van der Waals surface area (Å²) in [5.74, 6) is 0.754. The third kappa shape index (κ3) is 3.55. The van der Waals surface area contributed by atoms with E-state index in [-0.39, 0.29) is 0 Å². The predicted octanol–water partition coefficient (Wildman–Crippen LogP) is 5.62. The van der Waals surface area contributed by atoms with Gasteiger partial charge in [0.25, 0.3) is 0 Å². The predicted molar refractivity (Wildman–Crippen MR) is 80.7 cm³/mol. The van der Waals surface area contributed by atoms with Crippen LogP contribution in [0.4, 0.5) is 5.69 Å². The first-order valence-electron chi connectivity index (χ1n) is 6.57. The SMILES string of the molecule is CC1CC(Nc2cc(Cl)ccc2Cl)CC(C)(C)C1. The molecule has 1 N–H and O–H groups in total. The Hall–Kier alpha value is -0.400. The second kappa shape index (κ2) is 5.30. The van der Waals surface area contributed by atoms with E-state index in [0.29, 0.717) is 11.5 Å². The van der Waals surface area contributed by atoms with Crippen LogP contribution in [0.5, 0.6) is 0 Å². The van der Waals surface area contributed by atoms with Crippen molar-refractivity contribution in [2.75, 3.05) is 5.32 Å². The molecule has 0 saturated heterocycles. The van der Waals surface area contributed by atoms with Gasteiger partial charge < -0.3 is 5.32 Å². The van der Waals surface area contributed by atoms with Crippen LogP contribution < -0.4 is 5.32 Å². The van der Waals surface area contributed by atoms with Crippen LogP contribution in [0.25, 0.3) is 0 Å². The third-order valence-electron chi connectivity index (χ3n) is 3.67. The van der Waals surface area contributed by atoms with Gasteiger partial charge in [0.2, 0.25) is 0 Å². The van der Waals surface area contributed by atoms with Crippen LogP contribution in [-0.4, -0.2) is 6.04 Å². The highest BCUT2D eigenvalue weighted by atomic mass is 35.5. The molecule has 0 spiro atoms. The van der Waals surface area contributed by atoms with Gasteiger partial charge in [-0.15, -0.1) is 0 Å². The van der Waals surface area contributed by atoms with Crippen LogP contribution in [0.3, 0.4) is 0 Å². The Morgan fingerprint density at radius 3 is 2.61 bits per heavy atom. The van der Waals surface area contributed by atoms with E-state index in [1.165, 1.54) is 19.3 Å². The lowest BCUT2D eigenvalue weighted by Gasteiger charge is -2.39. The maximum Gasteiger partial charge on any atom is 0.0638 e. The van der Waals surface area contributed by atoms with E-state index < -0.39 is 0 Å². The van der Waals surface area contributed by atoms with Crippen molar-refractivity contribution in [3.63, 3.8) is 0 Å². The summed E-state index contributed by atoms with van der Waals surface area (Å²) in [5, 5.41) is 5.03. The second-order valence-corrected chi connectivity index (χ2v) is 7.22. The molecule has 3 heteroatoms. The topological polar surface area (TPSA) is 12.0 Å². The van der Waals surface area contributed by atoms with Gasteiger partial charge >= 0.3 is 0 Å². The van der Waals surface area contributed by atoms with Crippen molar-refractivity contribution in [3.05, 3.63) is 28.2 Å². The summed E-state index contributed by atoms with van der Waals surface area (Å²) in [6.07, 6.45) is 3.68. The third-order valence-corrected chi connectivity index (χ3v) is 4.24.